The molecule has 2 aliphatic rings. The van der Waals surface area contributed by atoms with Crippen LogP contribution in [0.3, 0.4) is 0 Å². The number of nitrogens with one attached hydrogen (secondary N) is 2. The van der Waals surface area contributed by atoms with E-state index in [1.165, 1.54) is 44.5 Å². The predicted octanol–water partition coefficient (Wildman–Crippen LogP) is 3.18. The molecule has 0 amide bonds. The lowest BCUT2D eigenvalue weighted by Crippen LogP contribution is -2.43. The number of hydrogen-bond donors (Lipinski definition) is 2. The third-order valence-electron chi connectivity index (χ3n) is 5.73. The van der Waals surface area contributed by atoms with E-state index in [1.54, 1.807) is 7.11 Å². The minimum absolute atomic E-state index is 0. The molecule has 0 aromatic heterocycles. The summed E-state index contributed by atoms with van der Waals surface area (Å²) < 4.78 is 5.36. The van der Waals surface area contributed by atoms with Crippen LogP contribution in [0, 0.1) is 5.92 Å². The van der Waals surface area contributed by atoms with Gasteiger partial charge >= 0.3 is 0 Å². The van der Waals surface area contributed by atoms with Crippen LogP contribution < -0.4 is 20.3 Å². The average molecular weight is 515 g/mol. The third-order valence-corrected chi connectivity index (χ3v) is 5.73. The SMILES string of the molecule is CCNC(=NCC1CCN(c2cccc(OC)c2)C1)NCCN1CCCCC1.I. The molecule has 7 heteroatoms. The van der Waals surface area contributed by atoms with Gasteiger partial charge in [-0.25, -0.2) is 0 Å². The van der Waals surface area contributed by atoms with E-state index in [9.17, 15) is 0 Å². The summed E-state index contributed by atoms with van der Waals surface area (Å²) in [7, 11) is 1.72. The van der Waals surface area contributed by atoms with Crippen LogP contribution in [-0.4, -0.2) is 70.3 Å². The number of methoxy groups -OCH3 is 1. The molecule has 1 atom stereocenters. The van der Waals surface area contributed by atoms with Gasteiger partial charge in [-0.2, -0.15) is 0 Å². The van der Waals surface area contributed by atoms with Crippen LogP contribution >= 0.6 is 24.0 Å². The molecule has 0 spiro atoms. The van der Waals surface area contributed by atoms with Crippen molar-refractivity contribution in [3.8, 4) is 5.75 Å². The number of nitrogens with zero attached hydrogens (tertiary/aromatic N) is 3. The number of anilines is 1. The zero-order valence-corrected chi connectivity index (χ0v) is 20.4. The Kier molecular flexibility index (Phi) is 10.9. The van der Waals surface area contributed by atoms with Gasteiger partial charge in [-0.1, -0.05) is 12.5 Å². The minimum Gasteiger partial charge on any atom is -0.497 e. The van der Waals surface area contributed by atoms with Crippen molar-refractivity contribution in [3.05, 3.63) is 24.3 Å². The summed E-state index contributed by atoms with van der Waals surface area (Å²) in [5.41, 5.74) is 1.25. The van der Waals surface area contributed by atoms with E-state index >= 15 is 0 Å². The highest BCUT2D eigenvalue weighted by atomic mass is 127. The Morgan fingerprint density at radius 3 is 2.76 bits per heavy atom. The summed E-state index contributed by atoms with van der Waals surface area (Å²) in [6.07, 6.45) is 5.27. The number of ether oxygens (including phenoxy) is 1. The van der Waals surface area contributed by atoms with Gasteiger partial charge in [-0.15, -0.1) is 24.0 Å². The first-order valence-corrected chi connectivity index (χ1v) is 10.9. The molecule has 2 N–H and O–H groups in total. The molecule has 2 aliphatic heterocycles. The normalized spacial score (nSPS) is 20.3. The molecule has 0 bridgehead atoms. The molecule has 1 unspecified atom stereocenters. The summed E-state index contributed by atoms with van der Waals surface area (Å²) in [4.78, 5) is 9.87. The van der Waals surface area contributed by atoms with Crippen LogP contribution in [-0.2, 0) is 0 Å². The maximum Gasteiger partial charge on any atom is 0.191 e. The molecular weight excluding hydrogens is 477 g/mol. The largest absolute Gasteiger partial charge is 0.497 e. The van der Waals surface area contributed by atoms with Crippen LogP contribution in [0.2, 0.25) is 0 Å². The number of guanidine groups is 1. The standard InChI is InChI=1S/C22H37N5O.HI/c1-3-23-22(24-11-15-26-12-5-4-6-13-26)25-17-19-10-14-27(18-19)20-8-7-9-21(16-20)28-2;/h7-9,16,19H,3-6,10-15,17-18H2,1-2H3,(H2,23,24,25);1H. The van der Waals surface area contributed by atoms with E-state index < -0.39 is 0 Å². The highest BCUT2D eigenvalue weighted by molar-refractivity contribution is 14.0. The first-order valence-electron chi connectivity index (χ1n) is 10.9. The molecule has 3 rings (SSSR count). The number of likely N-dealkylation sites (tertiary alicyclic amines) is 1. The van der Waals surface area contributed by atoms with Crippen LogP contribution in [0.1, 0.15) is 32.6 Å². The number of halogens is 1. The van der Waals surface area contributed by atoms with Crippen molar-refractivity contribution in [1.29, 1.82) is 0 Å². The second kappa shape index (κ2) is 13.2. The van der Waals surface area contributed by atoms with Crippen LogP contribution in [0.25, 0.3) is 0 Å². The molecule has 29 heavy (non-hydrogen) atoms. The lowest BCUT2D eigenvalue weighted by molar-refractivity contribution is 0.232. The van der Waals surface area contributed by atoms with E-state index in [4.69, 9.17) is 9.73 Å². The third kappa shape index (κ3) is 7.85. The lowest BCUT2D eigenvalue weighted by Gasteiger charge is -2.26. The number of hydrogen-bond acceptors (Lipinski definition) is 4. The summed E-state index contributed by atoms with van der Waals surface area (Å²) >= 11 is 0. The van der Waals surface area contributed by atoms with E-state index in [-0.39, 0.29) is 24.0 Å². The second-order valence-corrected chi connectivity index (χ2v) is 7.85. The van der Waals surface area contributed by atoms with Gasteiger partial charge in [0.25, 0.3) is 0 Å². The van der Waals surface area contributed by atoms with Gasteiger partial charge in [0.05, 0.1) is 7.11 Å². The molecular formula is C22H38IN5O. The lowest BCUT2D eigenvalue weighted by atomic mass is 10.1. The van der Waals surface area contributed by atoms with Gasteiger partial charge in [0.15, 0.2) is 5.96 Å². The average Bonchev–Trinajstić information content (AvgIpc) is 3.22. The summed E-state index contributed by atoms with van der Waals surface area (Å²) in [6, 6.07) is 8.35. The molecule has 1 aromatic carbocycles. The van der Waals surface area contributed by atoms with Gasteiger partial charge in [-0.05, 0) is 57.3 Å². The summed E-state index contributed by atoms with van der Waals surface area (Å²) in [5, 5.41) is 6.91. The van der Waals surface area contributed by atoms with Crippen LogP contribution in [0.15, 0.2) is 29.3 Å². The quantitative estimate of drug-likeness (QED) is 0.317. The van der Waals surface area contributed by atoms with Crippen molar-refractivity contribution in [2.24, 2.45) is 10.9 Å². The van der Waals surface area contributed by atoms with E-state index in [0.717, 1.165) is 51.0 Å². The van der Waals surface area contributed by atoms with Crippen molar-refractivity contribution >= 4 is 35.6 Å². The topological polar surface area (TPSA) is 52.1 Å². The monoisotopic (exact) mass is 515 g/mol. The molecule has 0 aliphatic carbocycles. The van der Waals surface area contributed by atoms with Crippen LogP contribution in [0.4, 0.5) is 5.69 Å². The minimum atomic E-state index is 0. The van der Waals surface area contributed by atoms with Gasteiger partial charge in [0, 0.05) is 51.0 Å². The Balaban J connectivity index is 0.00000300. The summed E-state index contributed by atoms with van der Waals surface area (Å²) in [5.74, 6) is 2.48. The molecule has 0 saturated carbocycles. The number of rotatable bonds is 8. The Bertz CT molecular complexity index is 621. The molecule has 0 radical (unpaired) electrons. The fourth-order valence-electron chi connectivity index (χ4n) is 4.10. The molecule has 2 heterocycles. The molecule has 2 saturated heterocycles. The van der Waals surface area contributed by atoms with E-state index in [2.05, 4.69) is 45.6 Å². The van der Waals surface area contributed by atoms with Gasteiger partial charge < -0.3 is 25.2 Å². The van der Waals surface area contributed by atoms with Gasteiger partial charge in [0.1, 0.15) is 5.75 Å². The molecule has 164 valence electrons. The van der Waals surface area contributed by atoms with E-state index in [1.807, 2.05) is 6.07 Å². The number of benzene rings is 1. The number of piperidine rings is 1. The van der Waals surface area contributed by atoms with Crippen molar-refractivity contribution in [1.82, 2.24) is 15.5 Å². The van der Waals surface area contributed by atoms with E-state index in [0.29, 0.717) is 5.92 Å². The zero-order chi connectivity index (χ0) is 19.6. The van der Waals surface area contributed by atoms with Crippen molar-refractivity contribution in [3.63, 3.8) is 0 Å². The fraction of sp³-hybridized carbons (Fsp3) is 0.682. The van der Waals surface area contributed by atoms with Gasteiger partial charge in [0.2, 0.25) is 0 Å². The van der Waals surface area contributed by atoms with Crippen molar-refractivity contribution in [2.45, 2.75) is 32.6 Å². The van der Waals surface area contributed by atoms with Crippen molar-refractivity contribution in [2.75, 3.05) is 64.4 Å². The summed E-state index contributed by atoms with van der Waals surface area (Å²) in [6.45, 7) is 10.6. The Labute approximate surface area is 193 Å². The second-order valence-electron chi connectivity index (χ2n) is 7.85. The smallest absolute Gasteiger partial charge is 0.191 e. The highest BCUT2D eigenvalue weighted by Crippen LogP contribution is 2.26. The number of aliphatic imine (C=N–C) groups is 1. The van der Waals surface area contributed by atoms with Crippen molar-refractivity contribution < 1.29 is 4.74 Å². The molecule has 6 nitrogen and oxygen atoms in total. The maximum atomic E-state index is 5.36. The Hall–Kier alpha value is -1.22. The maximum absolute atomic E-state index is 5.36. The first-order chi connectivity index (χ1) is 13.8. The Morgan fingerprint density at radius 1 is 1.17 bits per heavy atom. The first kappa shape index (κ1) is 24.1. The van der Waals surface area contributed by atoms with Gasteiger partial charge in [-0.3, -0.25) is 4.99 Å². The zero-order valence-electron chi connectivity index (χ0n) is 18.0. The molecule has 2 fully saturated rings. The Morgan fingerprint density at radius 2 is 2.00 bits per heavy atom. The highest BCUT2D eigenvalue weighted by Gasteiger charge is 2.23. The molecule has 1 aromatic rings. The fourth-order valence-corrected chi connectivity index (χ4v) is 4.10. The predicted molar refractivity (Wildman–Crippen MR) is 133 cm³/mol. The van der Waals surface area contributed by atoms with Crippen LogP contribution in [0.5, 0.6) is 5.75 Å².